The molecule has 0 aliphatic carbocycles. The number of hydrogen-bond acceptors (Lipinski definition) is 5. The molecule has 2 aromatic carbocycles. The van der Waals surface area contributed by atoms with E-state index in [1.165, 1.54) is 0 Å². The molecule has 3 N–H and O–H groups in total. The van der Waals surface area contributed by atoms with Crippen LogP contribution in [-0.4, -0.2) is 40.6 Å². The Balaban J connectivity index is 1.44. The van der Waals surface area contributed by atoms with Crippen molar-refractivity contribution < 1.29 is 4.79 Å². The van der Waals surface area contributed by atoms with E-state index in [2.05, 4.69) is 42.6 Å². The Morgan fingerprint density at radius 3 is 2.75 bits per heavy atom. The van der Waals surface area contributed by atoms with Crippen molar-refractivity contribution in [3.63, 3.8) is 0 Å². The number of aromatic amines is 2. The summed E-state index contributed by atoms with van der Waals surface area (Å²) in [6.45, 7) is 5.81. The van der Waals surface area contributed by atoms with Gasteiger partial charge in [0.1, 0.15) is 11.2 Å². The fourth-order valence-corrected chi connectivity index (χ4v) is 4.42. The molecule has 1 amide bonds. The van der Waals surface area contributed by atoms with Crippen molar-refractivity contribution >= 4 is 33.5 Å². The minimum atomic E-state index is -0.0104. The second kappa shape index (κ2) is 8.46. The lowest BCUT2D eigenvalue weighted by molar-refractivity contribution is -0.115. The molecule has 178 valence electrons. The van der Waals surface area contributed by atoms with E-state index in [4.69, 9.17) is 4.98 Å². The third-order valence-electron chi connectivity index (χ3n) is 6.17. The maximum atomic E-state index is 11.9. The van der Waals surface area contributed by atoms with Crippen LogP contribution in [0, 0.1) is 13.8 Å². The average Bonchev–Trinajstić information content (AvgIpc) is 3.60. The minimum Gasteiger partial charge on any atom is -0.335 e. The Labute approximate surface area is 206 Å². The van der Waals surface area contributed by atoms with E-state index in [1.807, 2.05) is 55.8 Å². The topological polar surface area (TPSA) is 117 Å². The van der Waals surface area contributed by atoms with Gasteiger partial charge in [-0.1, -0.05) is 19.1 Å². The summed E-state index contributed by atoms with van der Waals surface area (Å²) in [4.78, 5) is 28.9. The van der Waals surface area contributed by atoms with Crippen LogP contribution in [0.1, 0.15) is 24.6 Å². The van der Waals surface area contributed by atoms with Crippen molar-refractivity contribution in [3.05, 3.63) is 72.6 Å². The molecule has 0 radical (unpaired) electrons. The molecule has 4 aromatic heterocycles. The van der Waals surface area contributed by atoms with Crippen LogP contribution in [0.25, 0.3) is 50.3 Å². The maximum absolute atomic E-state index is 11.9. The van der Waals surface area contributed by atoms with Gasteiger partial charge in [-0.25, -0.2) is 9.97 Å². The Kier molecular flexibility index (Phi) is 5.10. The van der Waals surface area contributed by atoms with E-state index < -0.39 is 0 Å². The van der Waals surface area contributed by atoms with Gasteiger partial charge in [-0.3, -0.25) is 14.9 Å². The highest BCUT2D eigenvalue weighted by Crippen LogP contribution is 2.32. The molecule has 4 heterocycles. The summed E-state index contributed by atoms with van der Waals surface area (Å²) in [7, 11) is 0. The number of pyridine rings is 1. The van der Waals surface area contributed by atoms with E-state index in [1.54, 1.807) is 18.7 Å². The van der Waals surface area contributed by atoms with Crippen molar-refractivity contribution in [2.75, 3.05) is 5.32 Å². The van der Waals surface area contributed by atoms with Crippen molar-refractivity contribution in [1.82, 2.24) is 34.7 Å². The molecule has 6 aromatic rings. The molecule has 9 heteroatoms. The minimum absolute atomic E-state index is 0.0104. The molecular formula is C27H24N8O. The second-order valence-corrected chi connectivity index (χ2v) is 8.88. The number of aromatic nitrogens is 7. The van der Waals surface area contributed by atoms with Crippen LogP contribution < -0.4 is 5.32 Å². The Bertz CT molecular complexity index is 1760. The molecule has 0 aliphatic rings. The lowest BCUT2D eigenvalue weighted by Gasteiger charge is -2.09. The molecule has 6 rings (SSSR count). The number of hydrogen-bond donors (Lipinski definition) is 3. The Morgan fingerprint density at radius 2 is 1.94 bits per heavy atom. The summed E-state index contributed by atoms with van der Waals surface area (Å²) in [5, 5.41) is 11.6. The zero-order valence-corrected chi connectivity index (χ0v) is 20.1. The van der Waals surface area contributed by atoms with Crippen LogP contribution in [0.15, 0.2) is 61.3 Å². The number of anilines is 1. The number of rotatable bonds is 5. The largest absolute Gasteiger partial charge is 0.335 e. The standard InChI is InChI=1S/C27H24N8O/c1-4-24(36)30-19-8-15(2)7-18(9-19)17-5-6-21-20(10-17)25(34-33-21)27-31-22-11-28-12-23(26(22)32-27)35-13-16(3)29-14-35/h5-14H,4H2,1-3H3,(H,30,36)(H,31,32)(H,33,34). The molecule has 0 fully saturated rings. The van der Waals surface area contributed by atoms with Crippen molar-refractivity contribution in [2.45, 2.75) is 27.2 Å². The first-order valence-electron chi connectivity index (χ1n) is 11.7. The monoisotopic (exact) mass is 476 g/mol. The van der Waals surface area contributed by atoms with Gasteiger partial charge < -0.3 is 14.9 Å². The first-order chi connectivity index (χ1) is 17.5. The summed E-state index contributed by atoms with van der Waals surface area (Å²) in [5.41, 5.74) is 8.90. The van der Waals surface area contributed by atoms with Gasteiger partial charge in [0, 0.05) is 23.7 Å². The van der Waals surface area contributed by atoms with Crippen LogP contribution in [0.2, 0.25) is 0 Å². The van der Waals surface area contributed by atoms with E-state index in [9.17, 15) is 4.79 Å². The average molecular weight is 477 g/mol. The van der Waals surface area contributed by atoms with Gasteiger partial charge in [0.15, 0.2) is 5.82 Å². The number of imidazole rings is 2. The zero-order valence-electron chi connectivity index (χ0n) is 20.1. The predicted octanol–water partition coefficient (Wildman–Crippen LogP) is 5.32. The van der Waals surface area contributed by atoms with Gasteiger partial charge in [-0.2, -0.15) is 5.10 Å². The number of nitrogens with zero attached hydrogens (tertiary/aromatic N) is 5. The van der Waals surface area contributed by atoms with Crippen molar-refractivity contribution in [3.8, 4) is 28.3 Å². The molecule has 0 saturated carbocycles. The maximum Gasteiger partial charge on any atom is 0.224 e. The van der Waals surface area contributed by atoms with Gasteiger partial charge in [-0.15, -0.1) is 0 Å². The zero-order chi connectivity index (χ0) is 24.8. The van der Waals surface area contributed by atoms with E-state index in [0.717, 1.165) is 61.4 Å². The van der Waals surface area contributed by atoms with E-state index in [-0.39, 0.29) is 5.91 Å². The number of nitrogens with one attached hydrogen (secondary N) is 3. The highest BCUT2D eigenvalue weighted by molar-refractivity contribution is 5.97. The van der Waals surface area contributed by atoms with Gasteiger partial charge in [0.25, 0.3) is 0 Å². The second-order valence-electron chi connectivity index (χ2n) is 8.88. The molecule has 0 unspecified atom stereocenters. The molecule has 36 heavy (non-hydrogen) atoms. The van der Waals surface area contributed by atoms with Crippen molar-refractivity contribution in [2.24, 2.45) is 0 Å². The lowest BCUT2D eigenvalue weighted by atomic mass is 10.0. The predicted molar refractivity (Wildman–Crippen MR) is 140 cm³/mol. The lowest BCUT2D eigenvalue weighted by Crippen LogP contribution is -2.09. The molecule has 0 bridgehead atoms. The number of benzene rings is 2. The van der Waals surface area contributed by atoms with Crippen LogP contribution in [0.4, 0.5) is 5.69 Å². The molecule has 0 aliphatic heterocycles. The van der Waals surface area contributed by atoms with Gasteiger partial charge in [0.05, 0.1) is 41.1 Å². The van der Waals surface area contributed by atoms with Crippen LogP contribution in [0.3, 0.4) is 0 Å². The third-order valence-corrected chi connectivity index (χ3v) is 6.17. The summed E-state index contributed by atoms with van der Waals surface area (Å²) in [5.74, 6) is 0.642. The number of amides is 1. The molecule has 0 saturated heterocycles. The van der Waals surface area contributed by atoms with Crippen molar-refractivity contribution in [1.29, 1.82) is 0 Å². The van der Waals surface area contributed by atoms with Crippen LogP contribution >= 0.6 is 0 Å². The van der Waals surface area contributed by atoms with E-state index >= 15 is 0 Å². The van der Waals surface area contributed by atoms with Gasteiger partial charge in [-0.05, 0) is 54.8 Å². The third kappa shape index (κ3) is 3.80. The quantitative estimate of drug-likeness (QED) is 0.311. The SMILES string of the molecule is CCC(=O)Nc1cc(C)cc(-c2ccc3[nH]nc(-c4nc5c(-n6cnc(C)c6)cncc5[nH]4)c3c2)c1. The Morgan fingerprint density at radius 1 is 1.06 bits per heavy atom. The van der Waals surface area contributed by atoms with E-state index in [0.29, 0.717) is 12.2 Å². The molecule has 9 nitrogen and oxygen atoms in total. The van der Waals surface area contributed by atoms with Crippen LogP contribution in [-0.2, 0) is 4.79 Å². The first kappa shape index (κ1) is 21.7. The van der Waals surface area contributed by atoms with Gasteiger partial charge >= 0.3 is 0 Å². The summed E-state index contributed by atoms with van der Waals surface area (Å²) in [6.07, 6.45) is 7.68. The number of H-pyrrole nitrogens is 2. The summed E-state index contributed by atoms with van der Waals surface area (Å²) < 4.78 is 1.92. The molecule has 0 atom stereocenters. The summed E-state index contributed by atoms with van der Waals surface area (Å²) in [6, 6.07) is 12.2. The molecule has 0 spiro atoms. The van der Waals surface area contributed by atoms with Crippen LogP contribution in [0.5, 0.6) is 0 Å². The summed E-state index contributed by atoms with van der Waals surface area (Å²) >= 11 is 0. The highest BCUT2D eigenvalue weighted by Gasteiger charge is 2.16. The fraction of sp³-hybridized carbons (Fsp3) is 0.148. The normalized spacial score (nSPS) is 11.4. The number of carbonyl (C=O) groups excluding carboxylic acids is 1. The molecular weight excluding hydrogens is 452 g/mol. The number of fused-ring (bicyclic) bond motifs is 2. The van der Waals surface area contributed by atoms with Gasteiger partial charge in [0.2, 0.25) is 5.91 Å². The fourth-order valence-electron chi connectivity index (χ4n) is 4.42. The first-order valence-corrected chi connectivity index (χ1v) is 11.7. The number of carbonyl (C=O) groups is 1. The smallest absolute Gasteiger partial charge is 0.224 e. The number of aryl methyl sites for hydroxylation is 2. The highest BCUT2D eigenvalue weighted by atomic mass is 16.1. The Hall–Kier alpha value is -4.79.